The van der Waals surface area contributed by atoms with E-state index in [4.69, 9.17) is 0 Å². The van der Waals surface area contributed by atoms with Crippen molar-refractivity contribution >= 4 is 0 Å². The summed E-state index contributed by atoms with van der Waals surface area (Å²) in [7, 11) is 0. The third kappa shape index (κ3) is 11.2. The first-order valence-corrected chi connectivity index (χ1v) is 13.3. The molecule has 178 valence electrons. The largest absolute Gasteiger partial charge is 0.248 e. The number of aryl methyl sites for hydroxylation is 2. The van der Waals surface area contributed by atoms with Crippen molar-refractivity contribution < 1.29 is 4.39 Å². The monoisotopic (exact) mass is 440 g/mol. The zero-order chi connectivity index (χ0) is 22.9. The van der Waals surface area contributed by atoms with Crippen molar-refractivity contribution in [2.24, 2.45) is 0 Å². The van der Waals surface area contributed by atoms with E-state index in [-0.39, 0.29) is 0 Å². The van der Waals surface area contributed by atoms with Gasteiger partial charge in [-0.3, -0.25) is 0 Å². The Kier molecular flexibility index (Phi) is 13.9. The Morgan fingerprint density at radius 2 is 1.19 bits per heavy atom. The maximum atomic E-state index is 13.2. The van der Waals surface area contributed by atoms with E-state index >= 15 is 0 Å². The molecule has 2 aromatic rings. The molecule has 0 N–H and O–H groups in total. The number of halogens is 1. The van der Waals surface area contributed by atoms with Gasteiger partial charge < -0.3 is 0 Å². The average Bonchev–Trinajstić information content (AvgIpc) is 2.83. The molecule has 0 fully saturated rings. The lowest BCUT2D eigenvalue weighted by atomic mass is 10.0. The minimum Gasteiger partial charge on any atom is -0.248 e. The molecule has 0 bridgehead atoms. The first-order chi connectivity index (χ1) is 15.7. The summed E-state index contributed by atoms with van der Waals surface area (Å²) in [6, 6.07) is 8.74. The highest BCUT2D eigenvalue weighted by Gasteiger charge is 2.04. The van der Waals surface area contributed by atoms with Crippen LogP contribution >= 0.6 is 0 Å². The van der Waals surface area contributed by atoms with E-state index in [9.17, 15) is 4.39 Å². The smallest absolute Gasteiger partial charge is 0.159 e. The Morgan fingerprint density at radius 3 is 1.78 bits per heavy atom. The van der Waals surface area contributed by atoms with Gasteiger partial charge in [0, 0.05) is 18.0 Å². The number of alkyl halides is 1. The van der Waals surface area contributed by atoms with E-state index in [2.05, 4.69) is 41.2 Å². The molecular weight excluding hydrogens is 395 g/mol. The van der Waals surface area contributed by atoms with Gasteiger partial charge in [0.15, 0.2) is 5.82 Å². The number of nitrogens with zero attached hydrogens (tertiary/aromatic N) is 2. The van der Waals surface area contributed by atoms with E-state index < -0.39 is 6.17 Å². The third-order valence-corrected chi connectivity index (χ3v) is 6.41. The van der Waals surface area contributed by atoms with Crippen molar-refractivity contribution in [3.8, 4) is 11.4 Å². The summed E-state index contributed by atoms with van der Waals surface area (Å²) in [6.45, 7) is 4.19. The van der Waals surface area contributed by atoms with Crippen molar-refractivity contribution in [2.75, 3.05) is 0 Å². The van der Waals surface area contributed by atoms with Crippen LogP contribution in [0.1, 0.15) is 115 Å². The van der Waals surface area contributed by atoms with Crippen LogP contribution in [0.15, 0.2) is 36.7 Å². The molecule has 0 aliphatic carbocycles. The minimum atomic E-state index is -0.591. The van der Waals surface area contributed by atoms with Crippen LogP contribution in [0.5, 0.6) is 0 Å². The lowest BCUT2D eigenvalue weighted by Gasteiger charge is -2.06. The Morgan fingerprint density at radius 1 is 0.656 bits per heavy atom. The zero-order valence-corrected chi connectivity index (χ0v) is 20.6. The second-order valence-corrected chi connectivity index (χ2v) is 9.30. The predicted molar refractivity (Wildman–Crippen MR) is 136 cm³/mol. The standard InChI is InChI=1S/C29H45FN2/c1-3-5-6-7-10-14-17-26-23-31-29(32-24-26)27-21-19-25(20-22-27)16-13-11-8-9-12-15-18-28(30)4-2/h19-24,28H,3-18H2,1-2H3. The van der Waals surface area contributed by atoms with Crippen molar-refractivity contribution in [1.82, 2.24) is 9.97 Å². The highest BCUT2D eigenvalue weighted by atomic mass is 19.1. The Bertz CT molecular complexity index is 696. The van der Waals surface area contributed by atoms with Gasteiger partial charge in [-0.1, -0.05) is 102 Å². The molecular formula is C29H45FN2. The molecule has 0 saturated heterocycles. The Labute approximate surface area is 196 Å². The van der Waals surface area contributed by atoms with Crippen LogP contribution in [-0.2, 0) is 12.8 Å². The van der Waals surface area contributed by atoms with Gasteiger partial charge in [0.05, 0.1) is 6.17 Å². The molecule has 0 aliphatic rings. The van der Waals surface area contributed by atoms with Gasteiger partial charge in [0.25, 0.3) is 0 Å². The number of aromatic nitrogens is 2. The van der Waals surface area contributed by atoms with E-state index in [1.807, 2.05) is 19.3 Å². The molecule has 3 heteroatoms. The van der Waals surface area contributed by atoms with Gasteiger partial charge in [-0.25, -0.2) is 14.4 Å². The molecule has 32 heavy (non-hydrogen) atoms. The fourth-order valence-corrected chi connectivity index (χ4v) is 4.17. The SMILES string of the molecule is CCCCCCCCc1cnc(-c2ccc(CCCCCCCCC(F)CC)cc2)nc1. The first kappa shape index (κ1) is 26.5. The molecule has 2 nitrogen and oxygen atoms in total. The molecule has 0 aliphatic heterocycles. The van der Waals surface area contributed by atoms with Gasteiger partial charge in [0.1, 0.15) is 0 Å². The van der Waals surface area contributed by atoms with Gasteiger partial charge in [-0.15, -0.1) is 0 Å². The number of hydrogen-bond acceptors (Lipinski definition) is 2. The second-order valence-electron chi connectivity index (χ2n) is 9.30. The number of benzene rings is 1. The van der Waals surface area contributed by atoms with Crippen molar-refractivity contribution in [2.45, 2.75) is 123 Å². The average molecular weight is 441 g/mol. The predicted octanol–water partition coefficient (Wildman–Crippen LogP) is 9.07. The summed E-state index contributed by atoms with van der Waals surface area (Å²) in [6.07, 6.45) is 22.1. The Hall–Kier alpha value is -1.77. The van der Waals surface area contributed by atoms with Crippen LogP contribution in [0.4, 0.5) is 4.39 Å². The van der Waals surface area contributed by atoms with Crippen molar-refractivity contribution in [1.29, 1.82) is 0 Å². The molecule has 0 radical (unpaired) electrons. The fourth-order valence-electron chi connectivity index (χ4n) is 4.17. The lowest BCUT2D eigenvalue weighted by molar-refractivity contribution is 0.296. The normalized spacial score (nSPS) is 12.2. The maximum Gasteiger partial charge on any atom is 0.159 e. The molecule has 1 aromatic heterocycles. The zero-order valence-electron chi connectivity index (χ0n) is 20.6. The Balaban J connectivity index is 1.61. The van der Waals surface area contributed by atoms with Crippen LogP contribution in [0.2, 0.25) is 0 Å². The molecule has 2 rings (SSSR count). The van der Waals surface area contributed by atoms with Crippen LogP contribution in [0.3, 0.4) is 0 Å². The summed E-state index contributed by atoms with van der Waals surface area (Å²) in [5.41, 5.74) is 3.73. The highest BCUT2D eigenvalue weighted by Crippen LogP contribution is 2.18. The summed E-state index contributed by atoms with van der Waals surface area (Å²) < 4.78 is 13.2. The van der Waals surface area contributed by atoms with E-state index in [0.717, 1.165) is 37.1 Å². The lowest BCUT2D eigenvalue weighted by Crippen LogP contribution is -1.96. The van der Waals surface area contributed by atoms with Crippen LogP contribution < -0.4 is 0 Å². The highest BCUT2D eigenvalue weighted by molar-refractivity contribution is 5.55. The van der Waals surface area contributed by atoms with Gasteiger partial charge in [-0.2, -0.15) is 0 Å². The maximum absolute atomic E-state index is 13.2. The van der Waals surface area contributed by atoms with Crippen LogP contribution in [0, 0.1) is 0 Å². The van der Waals surface area contributed by atoms with Crippen LogP contribution in [0.25, 0.3) is 11.4 Å². The summed E-state index contributed by atoms with van der Waals surface area (Å²) in [5.74, 6) is 0.821. The van der Waals surface area contributed by atoms with Gasteiger partial charge in [0.2, 0.25) is 0 Å². The van der Waals surface area contributed by atoms with Crippen molar-refractivity contribution in [3.63, 3.8) is 0 Å². The number of unbranched alkanes of at least 4 members (excludes halogenated alkanes) is 10. The summed E-state index contributed by atoms with van der Waals surface area (Å²) >= 11 is 0. The van der Waals surface area contributed by atoms with E-state index in [0.29, 0.717) is 6.42 Å². The molecule has 0 spiro atoms. The number of hydrogen-bond donors (Lipinski definition) is 0. The summed E-state index contributed by atoms with van der Waals surface area (Å²) in [4.78, 5) is 9.20. The van der Waals surface area contributed by atoms with Gasteiger partial charge >= 0.3 is 0 Å². The molecule has 1 aromatic carbocycles. The van der Waals surface area contributed by atoms with Crippen LogP contribution in [-0.4, -0.2) is 16.1 Å². The second kappa shape index (κ2) is 16.8. The molecule has 1 unspecified atom stereocenters. The molecule has 1 atom stereocenters. The topological polar surface area (TPSA) is 25.8 Å². The van der Waals surface area contributed by atoms with Gasteiger partial charge in [-0.05, 0) is 49.7 Å². The molecule has 0 amide bonds. The third-order valence-electron chi connectivity index (χ3n) is 6.41. The first-order valence-electron chi connectivity index (χ1n) is 13.3. The minimum absolute atomic E-state index is 0.591. The quantitative estimate of drug-likeness (QED) is 0.216. The fraction of sp³-hybridized carbons (Fsp3) is 0.655. The van der Waals surface area contributed by atoms with Crippen molar-refractivity contribution in [3.05, 3.63) is 47.8 Å². The van der Waals surface area contributed by atoms with E-state index in [1.54, 1.807) is 0 Å². The molecule has 1 heterocycles. The number of rotatable bonds is 18. The summed E-state index contributed by atoms with van der Waals surface area (Å²) in [5, 5.41) is 0. The van der Waals surface area contributed by atoms with E-state index in [1.165, 1.54) is 81.8 Å². The molecule has 0 saturated carbocycles.